The van der Waals surface area contributed by atoms with E-state index in [1.807, 2.05) is 51.1 Å². The van der Waals surface area contributed by atoms with Gasteiger partial charge < -0.3 is 29.0 Å². The molecule has 2 atom stereocenters. The summed E-state index contributed by atoms with van der Waals surface area (Å²) in [6.45, 7) is 6.52. The number of carbonyl (C=O) groups is 2. The second-order valence-electron chi connectivity index (χ2n) is 11.6. The van der Waals surface area contributed by atoms with Crippen LogP contribution in [0.15, 0.2) is 59.0 Å². The lowest BCUT2D eigenvalue weighted by molar-refractivity contribution is -0.153. The molecule has 8 nitrogen and oxygen atoms in total. The van der Waals surface area contributed by atoms with Crippen LogP contribution in [0.5, 0.6) is 5.75 Å². The first-order valence-electron chi connectivity index (χ1n) is 13.4. The summed E-state index contributed by atoms with van der Waals surface area (Å²) in [6, 6.07) is 15.0. The molecule has 3 aliphatic heterocycles. The average Bonchev–Trinajstić information content (AvgIpc) is 3.67. The molecule has 0 radical (unpaired) electrons. The molecule has 0 aliphatic carbocycles. The molecule has 11 heteroatoms. The van der Waals surface area contributed by atoms with Gasteiger partial charge in [0.05, 0.1) is 6.54 Å². The Morgan fingerprint density at radius 1 is 1.10 bits per heavy atom. The van der Waals surface area contributed by atoms with Crippen LogP contribution in [0.25, 0.3) is 0 Å². The van der Waals surface area contributed by atoms with Crippen molar-refractivity contribution in [1.29, 1.82) is 0 Å². The molecule has 2 amide bonds. The summed E-state index contributed by atoms with van der Waals surface area (Å²) < 4.78 is 55.9. The number of alkyl halides is 3. The predicted octanol–water partition coefficient (Wildman–Crippen LogP) is 5.95. The van der Waals surface area contributed by atoms with Gasteiger partial charge in [-0.05, 0) is 57.0 Å². The third kappa shape index (κ3) is 4.76. The lowest BCUT2D eigenvalue weighted by Gasteiger charge is -2.24. The Hall–Kier alpha value is -4.15. The van der Waals surface area contributed by atoms with Gasteiger partial charge in [0.1, 0.15) is 29.1 Å². The lowest BCUT2D eigenvalue weighted by Crippen LogP contribution is -2.42. The monoisotopic (exact) mass is 569 g/mol. The fourth-order valence-electron chi connectivity index (χ4n) is 5.81. The fourth-order valence-corrected chi connectivity index (χ4v) is 5.81. The van der Waals surface area contributed by atoms with Crippen LogP contribution in [0.1, 0.15) is 49.8 Å². The Balaban J connectivity index is 1.22. The van der Waals surface area contributed by atoms with Gasteiger partial charge in [-0.2, -0.15) is 13.2 Å². The minimum Gasteiger partial charge on any atom is -0.491 e. The fraction of sp³-hybridized carbons (Fsp3) is 0.400. The van der Waals surface area contributed by atoms with Crippen LogP contribution in [0.3, 0.4) is 0 Å². The molecule has 1 fully saturated rings. The van der Waals surface area contributed by atoms with E-state index in [0.29, 0.717) is 30.1 Å². The molecule has 3 aliphatic rings. The van der Waals surface area contributed by atoms with E-state index in [-0.39, 0.29) is 37.0 Å². The third-order valence-electron chi connectivity index (χ3n) is 7.62. The zero-order valence-corrected chi connectivity index (χ0v) is 22.9. The van der Waals surface area contributed by atoms with E-state index in [1.54, 1.807) is 17.0 Å². The molecular formula is C30H30F3N3O5. The lowest BCUT2D eigenvalue weighted by atomic mass is 9.77. The molecule has 2 aromatic carbocycles. The molecule has 1 spiro atoms. The van der Waals surface area contributed by atoms with E-state index < -0.39 is 23.0 Å². The Labute approximate surface area is 235 Å². The van der Waals surface area contributed by atoms with Gasteiger partial charge in [0, 0.05) is 42.1 Å². The summed E-state index contributed by atoms with van der Waals surface area (Å²) in [7, 11) is 0. The number of carbonyl (C=O) groups excluding carboxylic acids is 2. The van der Waals surface area contributed by atoms with Crippen molar-refractivity contribution in [2.75, 3.05) is 29.9 Å². The number of anilines is 2. The highest BCUT2D eigenvalue weighted by Crippen LogP contribution is 2.53. The molecular weight excluding hydrogens is 539 g/mol. The zero-order valence-electron chi connectivity index (χ0n) is 22.9. The number of rotatable bonds is 4. The molecule has 1 aromatic heterocycles. The van der Waals surface area contributed by atoms with Crippen molar-refractivity contribution < 1.29 is 36.7 Å². The summed E-state index contributed by atoms with van der Waals surface area (Å²) >= 11 is 0. The molecule has 1 N–H and O–H groups in total. The minimum absolute atomic E-state index is 0.0233. The molecule has 1 saturated heterocycles. The van der Waals surface area contributed by atoms with Gasteiger partial charge in [-0.25, -0.2) is 4.79 Å². The van der Waals surface area contributed by atoms with E-state index >= 15 is 0 Å². The van der Waals surface area contributed by atoms with Crippen molar-refractivity contribution in [2.45, 2.75) is 57.0 Å². The summed E-state index contributed by atoms with van der Waals surface area (Å²) in [4.78, 5) is 29.6. The summed E-state index contributed by atoms with van der Waals surface area (Å²) in [6.07, 6.45) is -4.19. The number of ether oxygens (including phenoxy) is 2. The van der Waals surface area contributed by atoms with Gasteiger partial charge in [-0.3, -0.25) is 4.79 Å². The van der Waals surface area contributed by atoms with Crippen molar-refractivity contribution in [2.24, 2.45) is 0 Å². The van der Waals surface area contributed by atoms with Crippen molar-refractivity contribution in [3.63, 3.8) is 0 Å². The van der Waals surface area contributed by atoms with E-state index in [4.69, 9.17) is 13.9 Å². The van der Waals surface area contributed by atoms with Crippen LogP contribution in [0.4, 0.5) is 29.3 Å². The van der Waals surface area contributed by atoms with Crippen molar-refractivity contribution in [1.82, 2.24) is 4.90 Å². The van der Waals surface area contributed by atoms with Gasteiger partial charge in [0.2, 0.25) is 11.7 Å². The van der Waals surface area contributed by atoms with Crippen LogP contribution < -0.4 is 15.0 Å². The highest BCUT2D eigenvalue weighted by atomic mass is 19.4. The van der Waals surface area contributed by atoms with Crippen LogP contribution in [0, 0.1) is 0 Å². The molecule has 0 saturated carbocycles. The SMILES string of the molecule is CC(C)(C)OC(=O)N1CCC(Nc2ccc3c(c2)OCC32C(=O)N(Cc3ccc(C(F)(F)F)o3)c3ccccc32)C1. The maximum absolute atomic E-state index is 14.0. The first-order chi connectivity index (χ1) is 19.3. The number of benzene rings is 2. The van der Waals surface area contributed by atoms with E-state index in [9.17, 15) is 22.8 Å². The van der Waals surface area contributed by atoms with Crippen LogP contribution in [-0.2, 0) is 27.7 Å². The Morgan fingerprint density at radius 3 is 2.61 bits per heavy atom. The van der Waals surface area contributed by atoms with Crippen molar-refractivity contribution >= 4 is 23.4 Å². The largest absolute Gasteiger partial charge is 0.491 e. The molecule has 2 unspecified atom stereocenters. The number of likely N-dealkylation sites (tertiary alicyclic amines) is 1. The molecule has 41 heavy (non-hydrogen) atoms. The van der Waals surface area contributed by atoms with Crippen molar-refractivity contribution in [3.8, 4) is 5.75 Å². The average molecular weight is 570 g/mol. The number of amides is 2. The maximum atomic E-state index is 14.0. The standard InChI is InChI=1S/C30H30F3N3O5/c1-28(2,3)41-27(38)35-13-12-19(15-35)34-18-8-10-22-24(14-18)39-17-29(22)21-6-4-5-7-23(21)36(26(29)37)16-20-9-11-25(40-20)30(31,32)33/h4-11,14,19,34H,12-13,15-17H2,1-3H3. The maximum Gasteiger partial charge on any atom is 0.449 e. The van der Waals surface area contributed by atoms with Gasteiger partial charge in [-0.15, -0.1) is 0 Å². The highest BCUT2D eigenvalue weighted by Gasteiger charge is 2.57. The number of hydrogen-bond acceptors (Lipinski definition) is 6. The second kappa shape index (κ2) is 9.46. The summed E-state index contributed by atoms with van der Waals surface area (Å²) in [5.74, 6) is -0.798. The summed E-state index contributed by atoms with van der Waals surface area (Å²) in [5.41, 5.74) is 1.14. The predicted molar refractivity (Wildman–Crippen MR) is 144 cm³/mol. The molecule has 216 valence electrons. The van der Waals surface area contributed by atoms with Crippen LogP contribution >= 0.6 is 0 Å². The molecule has 4 heterocycles. The van der Waals surface area contributed by atoms with Crippen molar-refractivity contribution in [3.05, 3.63) is 77.2 Å². The van der Waals surface area contributed by atoms with Gasteiger partial charge >= 0.3 is 12.3 Å². The topological polar surface area (TPSA) is 84.2 Å². The number of furan rings is 1. The second-order valence-corrected chi connectivity index (χ2v) is 11.6. The Morgan fingerprint density at radius 2 is 1.88 bits per heavy atom. The van der Waals surface area contributed by atoms with Gasteiger partial charge in [0.15, 0.2) is 0 Å². The Bertz CT molecular complexity index is 1510. The molecule has 0 bridgehead atoms. The van der Waals surface area contributed by atoms with E-state index in [2.05, 4.69) is 5.32 Å². The first-order valence-corrected chi connectivity index (χ1v) is 13.4. The Kier molecular flexibility index (Phi) is 6.24. The number of nitrogens with one attached hydrogen (secondary N) is 1. The highest BCUT2D eigenvalue weighted by molar-refractivity contribution is 6.11. The zero-order chi connectivity index (χ0) is 29.2. The number of nitrogens with zero attached hydrogens (tertiary/aromatic N) is 2. The van der Waals surface area contributed by atoms with Crippen LogP contribution in [0.2, 0.25) is 0 Å². The van der Waals surface area contributed by atoms with Gasteiger partial charge in [0.25, 0.3) is 0 Å². The number of hydrogen-bond donors (Lipinski definition) is 1. The van der Waals surface area contributed by atoms with Crippen LogP contribution in [-0.4, -0.2) is 48.2 Å². The molecule has 3 aromatic rings. The normalized spacial score (nSPS) is 21.7. The summed E-state index contributed by atoms with van der Waals surface area (Å²) in [5, 5.41) is 3.45. The third-order valence-corrected chi connectivity index (χ3v) is 7.62. The number of fused-ring (bicyclic) bond motifs is 4. The van der Waals surface area contributed by atoms with E-state index in [1.165, 1.54) is 11.0 Å². The minimum atomic E-state index is -4.61. The molecule has 6 rings (SSSR count). The quantitative estimate of drug-likeness (QED) is 0.419. The van der Waals surface area contributed by atoms with Gasteiger partial charge in [-0.1, -0.05) is 24.3 Å². The first kappa shape index (κ1) is 27.0. The number of para-hydroxylation sites is 1. The number of halogens is 3. The van der Waals surface area contributed by atoms with E-state index in [0.717, 1.165) is 23.7 Å². The smallest absolute Gasteiger partial charge is 0.449 e.